The maximum absolute atomic E-state index is 14.6. The number of benzene rings is 2. The molecule has 2 saturated heterocycles. The van der Waals surface area contributed by atoms with Crippen molar-refractivity contribution in [3.63, 3.8) is 0 Å². The first-order valence-electron chi connectivity index (χ1n) is 11.9. The topological polar surface area (TPSA) is 75.4 Å². The summed E-state index contributed by atoms with van der Waals surface area (Å²) in [6.45, 7) is 0. The number of amides is 2. The lowest BCUT2D eigenvalue weighted by Gasteiger charge is -2.40. The first-order chi connectivity index (χ1) is 16.3. The van der Waals surface area contributed by atoms with Crippen LogP contribution in [0.15, 0.2) is 46.9 Å². The summed E-state index contributed by atoms with van der Waals surface area (Å²) >= 11 is 3.42. The average molecular weight is 532 g/mol. The summed E-state index contributed by atoms with van der Waals surface area (Å²) in [6.07, 6.45) is 4.52. The van der Waals surface area contributed by atoms with Gasteiger partial charge in [-0.3, -0.25) is 9.59 Å². The van der Waals surface area contributed by atoms with E-state index in [4.69, 9.17) is 5.73 Å². The van der Waals surface area contributed by atoms with Crippen LogP contribution in [0.4, 0.5) is 8.78 Å². The Labute approximate surface area is 206 Å². The Hall–Kier alpha value is -2.32. The van der Waals surface area contributed by atoms with Crippen LogP contribution in [0, 0.1) is 11.6 Å². The fraction of sp³-hybridized carbons (Fsp3) is 0.462. The van der Waals surface area contributed by atoms with E-state index in [1.54, 1.807) is 0 Å². The van der Waals surface area contributed by atoms with Gasteiger partial charge in [-0.1, -0.05) is 40.2 Å². The molecule has 180 valence electrons. The first kappa shape index (κ1) is 23.4. The molecule has 2 amide bonds. The Bertz CT molecular complexity index is 1090. The summed E-state index contributed by atoms with van der Waals surface area (Å²) < 4.78 is 29.4. The Morgan fingerprint density at radius 1 is 1.09 bits per heavy atom. The zero-order chi connectivity index (χ0) is 24.0. The molecule has 3 N–H and O–H groups in total. The summed E-state index contributed by atoms with van der Waals surface area (Å²) in [4.78, 5) is 29.2. The molecular formula is C26H28BrF2N3O2. The van der Waals surface area contributed by atoms with Gasteiger partial charge in [0.25, 0.3) is 0 Å². The molecule has 0 aromatic heterocycles. The molecule has 5 nitrogen and oxygen atoms in total. The van der Waals surface area contributed by atoms with Crippen molar-refractivity contribution >= 4 is 27.7 Å². The monoisotopic (exact) mass is 531 g/mol. The maximum Gasteiger partial charge on any atom is 0.245 e. The molecular weight excluding hydrogens is 504 g/mol. The van der Waals surface area contributed by atoms with E-state index in [-0.39, 0.29) is 29.6 Å². The number of nitrogens with two attached hydrogens (primary N) is 1. The molecule has 3 unspecified atom stereocenters. The first-order valence-corrected chi connectivity index (χ1v) is 12.7. The van der Waals surface area contributed by atoms with Crippen molar-refractivity contribution in [1.82, 2.24) is 10.2 Å². The van der Waals surface area contributed by atoms with Crippen LogP contribution in [-0.2, 0) is 21.4 Å². The molecule has 2 bridgehead atoms. The van der Waals surface area contributed by atoms with Gasteiger partial charge in [0.1, 0.15) is 6.04 Å². The smallest absolute Gasteiger partial charge is 0.245 e. The van der Waals surface area contributed by atoms with Crippen molar-refractivity contribution in [2.75, 3.05) is 0 Å². The Kier molecular flexibility index (Phi) is 6.23. The Morgan fingerprint density at radius 3 is 2.35 bits per heavy atom. The van der Waals surface area contributed by atoms with Gasteiger partial charge in [-0.2, -0.15) is 0 Å². The van der Waals surface area contributed by atoms with E-state index in [0.29, 0.717) is 19.3 Å². The Balaban J connectivity index is 1.41. The lowest BCUT2D eigenvalue weighted by atomic mass is 9.92. The molecule has 5 rings (SSSR count). The number of nitrogens with zero attached hydrogens (tertiary/aromatic N) is 1. The van der Waals surface area contributed by atoms with Gasteiger partial charge in [-0.15, -0.1) is 0 Å². The SMILES string of the molecule is NC1CC2CCC(C1)N2C(=O)C(Cc1ccc(Br)cc1)NC(=O)C1(c2cccc(F)c2F)CC1. The van der Waals surface area contributed by atoms with E-state index in [9.17, 15) is 18.4 Å². The average Bonchev–Trinajstić information content (AvgIpc) is 3.56. The van der Waals surface area contributed by atoms with Gasteiger partial charge in [-0.25, -0.2) is 8.78 Å². The molecule has 0 radical (unpaired) electrons. The largest absolute Gasteiger partial charge is 0.343 e. The van der Waals surface area contributed by atoms with Gasteiger partial charge in [0.05, 0.1) is 5.41 Å². The van der Waals surface area contributed by atoms with Crippen molar-refractivity contribution in [2.24, 2.45) is 5.73 Å². The number of nitrogens with one attached hydrogen (secondary N) is 1. The van der Waals surface area contributed by atoms with E-state index >= 15 is 0 Å². The van der Waals surface area contributed by atoms with Crippen LogP contribution >= 0.6 is 15.9 Å². The molecule has 2 heterocycles. The lowest BCUT2D eigenvalue weighted by molar-refractivity contribution is -0.140. The third kappa shape index (κ3) is 4.26. The summed E-state index contributed by atoms with van der Waals surface area (Å²) in [7, 11) is 0. The second kappa shape index (κ2) is 9.04. The van der Waals surface area contributed by atoms with Crippen molar-refractivity contribution in [3.8, 4) is 0 Å². The number of halogens is 3. The molecule has 1 saturated carbocycles. The van der Waals surface area contributed by atoms with Crippen molar-refractivity contribution in [3.05, 3.63) is 69.7 Å². The van der Waals surface area contributed by atoms with Crippen LogP contribution in [-0.4, -0.2) is 40.9 Å². The minimum absolute atomic E-state index is 0.0591. The minimum Gasteiger partial charge on any atom is -0.343 e. The zero-order valence-electron chi connectivity index (χ0n) is 18.8. The highest BCUT2D eigenvalue weighted by Gasteiger charge is 2.54. The predicted molar refractivity (Wildman–Crippen MR) is 128 cm³/mol. The van der Waals surface area contributed by atoms with Crippen LogP contribution in [0.3, 0.4) is 0 Å². The highest BCUT2D eigenvalue weighted by atomic mass is 79.9. The van der Waals surface area contributed by atoms with E-state index in [1.807, 2.05) is 29.2 Å². The number of hydrogen-bond donors (Lipinski definition) is 2. The standard InChI is InChI=1S/C26H28BrF2N3O2/c27-16-6-4-15(5-7-16)12-22(24(33)32-18-8-9-19(32)14-17(30)13-18)31-25(34)26(10-11-26)20-2-1-3-21(28)23(20)29/h1-7,17-19,22H,8-14,30H2,(H,31,34). The molecule has 0 spiro atoms. The van der Waals surface area contributed by atoms with Crippen molar-refractivity contribution < 1.29 is 18.4 Å². The fourth-order valence-electron chi connectivity index (χ4n) is 5.73. The van der Waals surface area contributed by atoms with Crippen LogP contribution < -0.4 is 11.1 Å². The highest BCUT2D eigenvalue weighted by molar-refractivity contribution is 9.10. The fourth-order valence-corrected chi connectivity index (χ4v) is 5.99. The van der Waals surface area contributed by atoms with Gasteiger partial charge < -0.3 is 16.0 Å². The molecule has 34 heavy (non-hydrogen) atoms. The molecule has 1 aliphatic carbocycles. The second-order valence-electron chi connectivity index (χ2n) is 9.90. The van der Waals surface area contributed by atoms with Crippen LogP contribution in [0.5, 0.6) is 0 Å². The number of carbonyl (C=O) groups is 2. The van der Waals surface area contributed by atoms with Gasteiger partial charge in [0.15, 0.2) is 11.6 Å². The van der Waals surface area contributed by atoms with E-state index in [2.05, 4.69) is 21.2 Å². The maximum atomic E-state index is 14.6. The van der Waals surface area contributed by atoms with E-state index < -0.39 is 29.0 Å². The lowest BCUT2D eigenvalue weighted by Crippen LogP contribution is -2.58. The van der Waals surface area contributed by atoms with Gasteiger partial charge in [0, 0.05) is 34.6 Å². The normalized spacial score (nSPS) is 25.6. The number of fused-ring (bicyclic) bond motifs is 2. The van der Waals surface area contributed by atoms with Crippen LogP contribution in [0.2, 0.25) is 0 Å². The number of rotatable bonds is 6. The van der Waals surface area contributed by atoms with E-state index in [1.165, 1.54) is 12.1 Å². The third-order valence-corrected chi connectivity index (χ3v) is 8.16. The van der Waals surface area contributed by atoms with Gasteiger partial charge in [0.2, 0.25) is 11.8 Å². The molecule has 2 aromatic carbocycles. The molecule has 2 aromatic rings. The van der Waals surface area contributed by atoms with E-state index in [0.717, 1.165) is 41.8 Å². The zero-order valence-corrected chi connectivity index (χ0v) is 20.4. The molecule has 3 aliphatic rings. The van der Waals surface area contributed by atoms with Gasteiger partial charge >= 0.3 is 0 Å². The molecule has 3 atom stereocenters. The van der Waals surface area contributed by atoms with Crippen LogP contribution in [0.25, 0.3) is 0 Å². The predicted octanol–water partition coefficient (Wildman–Crippen LogP) is 3.97. The van der Waals surface area contributed by atoms with Crippen LogP contribution in [0.1, 0.15) is 49.7 Å². The van der Waals surface area contributed by atoms with Crippen molar-refractivity contribution in [2.45, 2.75) is 74.5 Å². The number of hydrogen-bond acceptors (Lipinski definition) is 3. The third-order valence-electron chi connectivity index (χ3n) is 7.63. The molecule has 8 heteroatoms. The van der Waals surface area contributed by atoms with Gasteiger partial charge in [-0.05, 0) is 62.3 Å². The second-order valence-corrected chi connectivity index (χ2v) is 10.8. The summed E-state index contributed by atoms with van der Waals surface area (Å²) in [6, 6.07) is 11.0. The number of carbonyl (C=O) groups excluding carboxylic acids is 2. The summed E-state index contributed by atoms with van der Waals surface area (Å²) in [5, 5.41) is 2.94. The Morgan fingerprint density at radius 2 is 1.74 bits per heavy atom. The number of piperidine rings is 1. The summed E-state index contributed by atoms with van der Waals surface area (Å²) in [5.41, 5.74) is 6.03. The molecule has 3 fully saturated rings. The highest BCUT2D eigenvalue weighted by Crippen LogP contribution is 2.49. The molecule has 2 aliphatic heterocycles. The quantitative estimate of drug-likeness (QED) is 0.592. The minimum atomic E-state index is -1.13. The summed E-state index contributed by atoms with van der Waals surface area (Å²) in [5.74, 6) is -2.51. The van der Waals surface area contributed by atoms with Crippen molar-refractivity contribution in [1.29, 1.82) is 0 Å².